The van der Waals surface area contributed by atoms with Gasteiger partial charge in [-0.3, -0.25) is 4.79 Å². The first-order valence-electron chi connectivity index (χ1n) is 8.34. The lowest BCUT2D eigenvalue weighted by molar-refractivity contribution is -0.123. The highest BCUT2D eigenvalue weighted by Crippen LogP contribution is 2.15. The van der Waals surface area contributed by atoms with E-state index < -0.39 is 0 Å². The number of pyridine rings is 1. The molecule has 0 saturated heterocycles. The molecule has 1 heterocycles. The van der Waals surface area contributed by atoms with Crippen molar-refractivity contribution in [1.82, 2.24) is 15.6 Å². The van der Waals surface area contributed by atoms with Gasteiger partial charge in [-0.15, -0.1) is 0 Å². The van der Waals surface area contributed by atoms with E-state index in [-0.39, 0.29) is 12.5 Å². The Morgan fingerprint density at radius 3 is 2.44 bits per heavy atom. The highest BCUT2D eigenvalue weighted by Gasteiger charge is 2.04. The molecule has 1 aromatic carbocycles. The van der Waals surface area contributed by atoms with Gasteiger partial charge in [0.15, 0.2) is 6.61 Å². The number of aromatic nitrogens is 1. The Kier molecular flexibility index (Phi) is 8.74. The molecule has 27 heavy (non-hydrogen) atoms. The molecule has 1 aromatic heterocycles. The molecule has 0 aliphatic rings. The van der Waals surface area contributed by atoms with Crippen molar-refractivity contribution < 1.29 is 14.3 Å². The highest BCUT2D eigenvalue weighted by atomic mass is 35.5. The van der Waals surface area contributed by atoms with E-state index in [1.807, 2.05) is 12.1 Å². The summed E-state index contributed by atoms with van der Waals surface area (Å²) in [5.74, 6) is 0.876. The second-order valence-corrected chi connectivity index (χ2v) is 6.41. The molecule has 0 atom stereocenters. The zero-order chi connectivity index (χ0) is 19.5. The maximum absolute atomic E-state index is 11.7. The molecule has 1 amide bonds. The van der Waals surface area contributed by atoms with Crippen molar-refractivity contribution in [3.63, 3.8) is 0 Å². The van der Waals surface area contributed by atoms with Crippen molar-refractivity contribution in [1.29, 1.82) is 0 Å². The Morgan fingerprint density at radius 2 is 1.74 bits per heavy atom. The average Bonchev–Trinajstić information content (AvgIpc) is 2.66. The molecule has 144 valence electrons. The molecule has 0 spiro atoms. The van der Waals surface area contributed by atoms with Crippen LogP contribution in [-0.2, 0) is 4.79 Å². The van der Waals surface area contributed by atoms with Crippen LogP contribution in [0.4, 0.5) is 0 Å². The van der Waals surface area contributed by atoms with Crippen molar-refractivity contribution in [2.24, 2.45) is 0 Å². The quantitative estimate of drug-likeness (QED) is 0.556. The minimum absolute atomic E-state index is 0.108. The number of hydrogen-bond donors (Lipinski definition) is 2. The van der Waals surface area contributed by atoms with E-state index in [1.165, 1.54) is 6.20 Å². The molecule has 2 rings (SSSR count). The number of benzene rings is 1. The van der Waals surface area contributed by atoms with E-state index in [0.717, 1.165) is 11.4 Å². The van der Waals surface area contributed by atoms with Gasteiger partial charge in [-0.05, 0) is 30.3 Å². The van der Waals surface area contributed by atoms with Crippen LogP contribution < -0.4 is 20.1 Å². The summed E-state index contributed by atoms with van der Waals surface area (Å²) in [4.78, 5) is 15.7. The van der Waals surface area contributed by atoms with Crippen molar-refractivity contribution in [2.45, 2.75) is 6.42 Å². The normalized spacial score (nSPS) is 10.1. The molecule has 0 aliphatic heterocycles. The predicted molar refractivity (Wildman–Crippen MR) is 106 cm³/mol. The fourth-order valence-electron chi connectivity index (χ4n) is 2.01. The van der Waals surface area contributed by atoms with Crippen LogP contribution in [0, 0.1) is 0 Å². The van der Waals surface area contributed by atoms with Gasteiger partial charge in [0.2, 0.25) is 5.88 Å². The number of rotatable bonds is 11. The summed E-state index contributed by atoms with van der Waals surface area (Å²) in [6.45, 7) is 5.38. The Balaban J connectivity index is 1.51. The first-order valence-corrected chi connectivity index (χ1v) is 9.09. The zero-order valence-corrected chi connectivity index (χ0v) is 16.2. The smallest absolute Gasteiger partial charge is 0.258 e. The SMILES string of the molecule is C=C(CCNC(=O)COc1ccc(Cl)cn1)NCCOc1ccc(Cl)cc1. The van der Waals surface area contributed by atoms with Crippen molar-refractivity contribution in [2.75, 3.05) is 26.3 Å². The van der Waals surface area contributed by atoms with Gasteiger partial charge in [0.1, 0.15) is 12.4 Å². The number of hydrogen-bond acceptors (Lipinski definition) is 5. The van der Waals surface area contributed by atoms with Crippen molar-refractivity contribution in [3.8, 4) is 11.6 Å². The van der Waals surface area contributed by atoms with Gasteiger partial charge in [0, 0.05) is 42.5 Å². The van der Waals surface area contributed by atoms with Crippen LogP contribution in [0.5, 0.6) is 11.6 Å². The van der Waals surface area contributed by atoms with Crippen molar-refractivity contribution >= 4 is 29.1 Å². The van der Waals surface area contributed by atoms with Crippen LogP contribution in [0.25, 0.3) is 0 Å². The third kappa shape index (κ3) is 8.66. The lowest BCUT2D eigenvalue weighted by Gasteiger charge is -2.11. The fraction of sp³-hybridized carbons (Fsp3) is 0.263. The van der Waals surface area contributed by atoms with Crippen LogP contribution in [-0.4, -0.2) is 37.2 Å². The summed E-state index contributed by atoms with van der Waals surface area (Å²) < 4.78 is 10.8. The third-order valence-electron chi connectivity index (χ3n) is 3.36. The summed E-state index contributed by atoms with van der Waals surface area (Å²) in [7, 11) is 0. The number of halogens is 2. The number of nitrogens with zero attached hydrogens (tertiary/aromatic N) is 1. The number of carbonyl (C=O) groups excluding carboxylic acids is 1. The standard InChI is InChI=1S/C19H21Cl2N3O3/c1-14(22-10-11-26-17-5-2-15(20)3-6-17)8-9-23-18(25)13-27-19-7-4-16(21)12-24-19/h2-7,12,22H,1,8-11,13H2,(H,23,25). The zero-order valence-electron chi connectivity index (χ0n) is 14.7. The minimum Gasteiger partial charge on any atom is -0.492 e. The summed E-state index contributed by atoms with van der Waals surface area (Å²) in [5.41, 5.74) is 0.815. The monoisotopic (exact) mass is 409 g/mol. The van der Waals surface area contributed by atoms with Crippen LogP contribution in [0.3, 0.4) is 0 Å². The van der Waals surface area contributed by atoms with Gasteiger partial charge in [0.25, 0.3) is 5.91 Å². The molecule has 0 unspecified atom stereocenters. The van der Waals surface area contributed by atoms with Gasteiger partial charge in [-0.25, -0.2) is 4.98 Å². The molecule has 2 N–H and O–H groups in total. The van der Waals surface area contributed by atoms with Crippen molar-refractivity contribution in [3.05, 3.63) is 64.9 Å². The predicted octanol–water partition coefficient (Wildman–Crippen LogP) is 3.46. The van der Waals surface area contributed by atoms with Gasteiger partial charge >= 0.3 is 0 Å². The van der Waals surface area contributed by atoms with Gasteiger partial charge < -0.3 is 20.1 Å². The molecule has 0 saturated carbocycles. The van der Waals surface area contributed by atoms with E-state index in [1.54, 1.807) is 24.3 Å². The molecule has 0 fully saturated rings. The lowest BCUT2D eigenvalue weighted by atomic mass is 10.3. The molecule has 6 nitrogen and oxygen atoms in total. The van der Waals surface area contributed by atoms with Gasteiger partial charge in [0.05, 0.1) is 5.02 Å². The number of carbonyl (C=O) groups is 1. The van der Waals surface area contributed by atoms with Crippen LogP contribution in [0.15, 0.2) is 54.9 Å². The van der Waals surface area contributed by atoms with E-state index in [2.05, 4.69) is 22.2 Å². The Labute approximate surface area is 168 Å². The summed E-state index contributed by atoms with van der Waals surface area (Å²) in [6.07, 6.45) is 2.06. The van der Waals surface area contributed by atoms with Gasteiger partial charge in [-0.2, -0.15) is 0 Å². The number of nitrogens with one attached hydrogen (secondary N) is 2. The van der Waals surface area contributed by atoms with E-state index >= 15 is 0 Å². The number of amides is 1. The molecule has 0 bridgehead atoms. The number of ether oxygens (including phenoxy) is 2. The first kappa shape index (κ1) is 20.9. The third-order valence-corrected chi connectivity index (χ3v) is 3.84. The summed E-state index contributed by atoms with van der Waals surface area (Å²) in [5, 5.41) is 7.09. The largest absolute Gasteiger partial charge is 0.492 e. The van der Waals surface area contributed by atoms with Gasteiger partial charge in [-0.1, -0.05) is 29.8 Å². The second-order valence-electron chi connectivity index (χ2n) is 5.54. The lowest BCUT2D eigenvalue weighted by Crippen LogP contribution is -2.31. The second kappa shape index (κ2) is 11.3. The van der Waals surface area contributed by atoms with Crippen LogP contribution >= 0.6 is 23.2 Å². The maximum atomic E-state index is 11.7. The minimum atomic E-state index is -0.231. The van der Waals surface area contributed by atoms with Crippen LogP contribution in [0.2, 0.25) is 10.0 Å². The maximum Gasteiger partial charge on any atom is 0.258 e. The summed E-state index contributed by atoms with van der Waals surface area (Å²) in [6, 6.07) is 10.4. The van der Waals surface area contributed by atoms with E-state index in [4.69, 9.17) is 32.7 Å². The Bertz CT molecular complexity index is 737. The highest BCUT2D eigenvalue weighted by molar-refractivity contribution is 6.30. The fourth-order valence-corrected chi connectivity index (χ4v) is 2.24. The topological polar surface area (TPSA) is 72.5 Å². The molecular weight excluding hydrogens is 389 g/mol. The summed E-state index contributed by atoms with van der Waals surface area (Å²) >= 11 is 11.5. The van der Waals surface area contributed by atoms with E-state index in [0.29, 0.717) is 42.0 Å². The molecule has 2 aromatic rings. The average molecular weight is 410 g/mol. The van der Waals surface area contributed by atoms with E-state index in [9.17, 15) is 4.79 Å². The van der Waals surface area contributed by atoms with Crippen LogP contribution in [0.1, 0.15) is 6.42 Å². The molecule has 8 heteroatoms. The molecule has 0 radical (unpaired) electrons. The first-order chi connectivity index (χ1) is 13.0. The Hall–Kier alpha value is -2.44. The molecule has 0 aliphatic carbocycles. The Morgan fingerprint density at radius 1 is 1.00 bits per heavy atom. The molecular formula is C19H21Cl2N3O3.